The van der Waals surface area contributed by atoms with E-state index in [4.69, 9.17) is 4.74 Å². The number of methoxy groups -OCH3 is 1. The molecule has 0 atom stereocenters. The third-order valence-electron chi connectivity index (χ3n) is 3.05. The number of nitrogens with one attached hydrogen (secondary N) is 1. The van der Waals surface area contributed by atoms with Crippen LogP contribution in [0.3, 0.4) is 0 Å². The quantitative estimate of drug-likeness (QED) is 0.732. The van der Waals surface area contributed by atoms with Crippen LogP contribution in [-0.4, -0.2) is 22.1 Å². The molecule has 0 heterocycles. The van der Waals surface area contributed by atoms with Crippen molar-refractivity contribution in [3.8, 4) is 5.75 Å². The molecule has 118 valence electrons. The molecule has 0 bridgehead atoms. The van der Waals surface area contributed by atoms with Crippen LogP contribution in [0, 0.1) is 0 Å². The van der Waals surface area contributed by atoms with Gasteiger partial charge in [-0.05, 0) is 68.1 Å². The number of benzene rings is 2. The maximum absolute atomic E-state index is 12.2. The van der Waals surface area contributed by atoms with Gasteiger partial charge >= 0.3 is 0 Å². The number of hydrogen-bond acceptors (Lipinski definition) is 3. The van der Waals surface area contributed by atoms with Crippen LogP contribution in [0.4, 0.5) is 0 Å². The van der Waals surface area contributed by atoms with Gasteiger partial charge in [-0.25, -0.2) is 13.1 Å². The lowest BCUT2D eigenvalue weighted by molar-refractivity contribution is 0.412. The fourth-order valence-electron chi connectivity index (χ4n) is 1.94. The summed E-state index contributed by atoms with van der Waals surface area (Å²) in [5.74, 6) is 0.748. The van der Waals surface area contributed by atoms with Crippen LogP contribution in [0.1, 0.15) is 5.56 Å². The minimum absolute atomic E-state index is 0.242. The minimum Gasteiger partial charge on any atom is -0.496 e. The smallest absolute Gasteiger partial charge is 0.241 e. The molecule has 4 nitrogen and oxygen atoms in total. The van der Waals surface area contributed by atoms with Crippen LogP contribution in [0.5, 0.6) is 5.75 Å². The molecule has 22 heavy (non-hydrogen) atoms. The topological polar surface area (TPSA) is 55.4 Å². The first kappa shape index (κ1) is 17.5. The highest BCUT2D eigenvalue weighted by atomic mass is 79.9. The van der Waals surface area contributed by atoms with Gasteiger partial charge in [-0.1, -0.05) is 18.2 Å². The molecule has 0 amide bonds. The Bertz CT molecular complexity index is 763. The summed E-state index contributed by atoms with van der Waals surface area (Å²) in [6, 6.07) is 12.4. The summed E-state index contributed by atoms with van der Waals surface area (Å²) in [5, 5.41) is 0. The summed E-state index contributed by atoms with van der Waals surface area (Å²) >= 11 is 6.67. The Kier molecular flexibility index (Phi) is 6.02. The number of halogens is 2. The van der Waals surface area contributed by atoms with Crippen LogP contribution in [0.2, 0.25) is 0 Å². The molecular formula is C15H15Br2NO3S. The molecule has 0 saturated heterocycles. The molecule has 7 heteroatoms. The highest BCUT2D eigenvalue weighted by molar-refractivity contribution is 9.10. The van der Waals surface area contributed by atoms with E-state index in [2.05, 4.69) is 36.6 Å². The van der Waals surface area contributed by atoms with Gasteiger partial charge in [0.15, 0.2) is 0 Å². The van der Waals surface area contributed by atoms with Crippen molar-refractivity contribution in [1.29, 1.82) is 0 Å². The molecule has 0 aromatic heterocycles. The number of hydrogen-bond donors (Lipinski definition) is 1. The largest absolute Gasteiger partial charge is 0.496 e. The van der Waals surface area contributed by atoms with E-state index in [1.165, 1.54) is 0 Å². The summed E-state index contributed by atoms with van der Waals surface area (Å²) in [4.78, 5) is 0.242. The minimum atomic E-state index is -3.52. The third-order valence-corrected chi connectivity index (χ3v) is 6.14. The lowest BCUT2D eigenvalue weighted by atomic mass is 10.1. The second-order valence-corrected chi connectivity index (χ2v) is 7.99. The Morgan fingerprint density at radius 3 is 2.45 bits per heavy atom. The van der Waals surface area contributed by atoms with Gasteiger partial charge in [-0.15, -0.1) is 0 Å². The monoisotopic (exact) mass is 447 g/mol. The van der Waals surface area contributed by atoms with Gasteiger partial charge in [0, 0.05) is 11.0 Å². The Morgan fingerprint density at radius 1 is 1.09 bits per heavy atom. The molecule has 0 aliphatic heterocycles. The molecular weight excluding hydrogens is 434 g/mol. The molecule has 0 saturated carbocycles. The second kappa shape index (κ2) is 7.59. The van der Waals surface area contributed by atoms with Crippen molar-refractivity contribution >= 4 is 41.9 Å². The molecule has 0 aliphatic rings. The van der Waals surface area contributed by atoms with Gasteiger partial charge in [0.2, 0.25) is 10.0 Å². The zero-order chi connectivity index (χ0) is 16.2. The predicted molar refractivity (Wildman–Crippen MR) is 93.7 cm³/mol. The zero-order valence-corrected chi connectivity index (χ0v) is 15.8. The molecule has 2 aromatic carbocycles. The normalized spacial score (nSPS) is 11.4. The fourth-order valence-corrected chi connectivity index (χ4v) is 4.56. The second-order valence-electron chi connectivity index (χ2n) is 4.55. The molecule has 1 N–H and O–H groups in total. The van der Waals surface area contributed by atoms with E-state index in [0.29, 0.717) is 17.4 Å². The van der Waals surface area contributed by atoms with Crippen molar-refractivity contribution in [1.82, 2.24) is 4.72 Å². The Hall–Kier alpha value is -0.890. The van der Waals surface area contributed by atoms with E-state index in [0.717, 1.165) is 15.8 Å². The lowest BCUT2D eigenvalue weighted by Crippen LogP contribution is -2.26. The first-order valence-corrected chi connectivity index (χ1v) is 9.57. The van der Waals surface area contributed by atoms with Crippen LogP contribution in [0.25, 0.3) is 0 Å². The van der Waals surface area contributed by atoms with Crippen LogP contribution >= 0.6 is 31.9 Å². The van der Waals surface area contributed by atoms with E-state index in [1.54, 1.807) is 31.4 Å². The van der Waals surface area contributed by atoms with Crippen LogP contribution in [0.15, 0.2) is 56.3 Å². The van der Waals surface area contributed by atoms with Crippen LogP contribution in [-0.2, 0) is 16.4 Å². The van der Waals surface area contributed by atoms with Gasteiger partial charge in [-0.2, -0.15) is 0 Å². The molecule has 0 radical (unpaired) electrons. The molecule has 0 spiro atoms. The molecule has 2 rings (SSSR count). The molecule has 0 unspecified atom stereocenters. The Morgan fingerprint density at radius 2 is 1.82 bits per heavy atom. The van der Waals surface area contributed by atoms with E-state index >= 15 is 0 Å². The third kappa shape index (κ3) is 4.32. The van der Waals surface area contributed by atoms with Gasteiger partial charge in [0.05, 0.1) is 16.5 Å². The number of ether oxygens (including phenoxy) is 1. The Labute approximate surface area is 147 Å². The number of rotatable bonds is 6. The first-order chi connectivity index (χ1) is 10.4. The van der Waals surface area contributed by atoms with Gasteiger partial charge in [0.25, 0.3) is 0 Å². The van der Waals surface area contributed by atoms with Crippen molar-refractivity contribution in [2.45, 2.75) is 11.3 Å². The summed E-state index contributed by atoms with van der Waals surface area (Å²) in [5.41, 5.74) is 1.02. The summed E-state index contributed by atoms with van der Waals surface area (Å²) in [6.07, 6.45) is 0.590. The van der Waals surface area contributed by atoms with E-state index in [-0.39, 0.29) is 4.90 Å². The lowest BCUT2D eigenvalue weighted by Gasteiger charge is -2.09. The zero-order valence-electron chi connectivity index (χ0n) is 11.8. The van der Waals surface area contributed by atoms with Crippen molar-refractivity contribution in [2.24, 2.45) is 0 Å². The van der Waals surface area contributed by atoms with Crippen molar-refractivity contribution in [3.05, 3.63) is 57.0 Å². The first-order valence-electron chi connectivity index (χ1n) is 6.50. The van der Waals surface area contributed by atoms with Crippen molar-refractivity contribution < 1.29 is 13.2 Å². The van der Waals surface area contributed by atoms with Crippen molar-refractivity contribution in [3.63, 3.8) is 0 Å². The highest BCUT2D eigenvalue weighted by Crippen LogP contribution is 2.25. The maximum atomic E-state index is 12.2. The summed E-state index contributed by atoms with van der Waals surface area (Å²) in [7, 11) is -1.91. The highest BCUT2D eigenvalue weighted by Gasteiger charge is 2.16. The summed E-state index contributed by atoms with van der Waals surface area (Å²) in [6.45, 7) is 0.322. The average Bonchev–Trinajstić information content (AvgIpc) is 2.47. The van der Waals surface area contributed by atoms with Gasteiger partial charge in [0.1, 0.15) is 5.75 Å². The Balaban J connectivity index is 2.02. The van der Waals surface area contributed by atoms with E-state index < -0.39 is 10.0 Å². The fraction of sp³-hybridized carbons (Fsp3) is 0.200. The average molecular weight is 449 g/mol. The van der Waals surface area contributed by atoms with Gasteiger partial charge in [-0.3, -0.25) is 0 Å². The molecule has 2 aromatic rings. The van der Waals surface area contributed by atoms with Crippen LogP contribution < -0.4 is 9.46 Å². The molecule has 0 aliphatic carbocycles. The SMILES string of the molecule is COc1ccc(CCNS(=O)(=O)c2ccccc2Br)cc1Br. The standard InChI is InChI=1S/C15H15Br2NO3S/c1-21-14-7-6-11(10-13(14)17)8-9-18-22(19,20)15-5-3-2-4-12(15)16/h2-7,10,18H,8-9H2,1H3. The van der Waals surface area contributed by atoms with E-state index in [9.17, 15) is 8.42 Å². The molecule has 0 fully saturated rings. The van der Waals surface area contributed by atoms with Crippen molar-refractivity contribution in [2.75, 3.05) is 13.7 Å². The number of sulfonamides is 1. The van der Waals surface area contributed by atoms with Gasteiger partial charge < -0.3 is 4.74 Å². The van der Waals surface area contributed by atoms with E-state index in [1.807, 2.05) is 18.2 Å². The predicted octanol–water partition coefficient (Wildman–Crippen LogP) is 3.74. The maximum Gasteiger partial charge on any atom is 0.241 e. The summed E-state index contributed by atoms with van der Waals surface area (Å²) < 4.78 is 33.7.